The summed E-state index contributed by atoms with van der Waals surface area (Å²) in [5.41, 5.74) is 0.985. The number of carbonyl (C=O) groups excluding carboxylic acids is 2. The number of alkyl halides is 2. The van der Waals surface area contributed by atoms with Crippen LogP contribution >= 0.6 is 11.6 Å². The van der Waals surface area contributed by atoms with Crippen molar-refractivity contribution < 1.29 is 23.1 Å². The van der Waals surface area contributed by atoms with Crippen LogP contribution in [0.25, 0.3) is 0 Å². The normalized spacial score (nSPS) is 10.4. The standard InChI is InChI=1S/C17H15ClF2N2O3/c18-14-4-2-1-3-12(14)9-21-15(23)10-22-16(24)11-5-7-13(8-6-11)25-17(19)20/h1-8,17H,9-10H2,(H,21,23)(H,22,24). The number of rotatable bonds is 7. The average molecular weight is 369 g/mol. The van der Waals surface area contributed by atoms with Gasteiger partial charge in [0.2, 0.25) is 5.91 Å². The van der Waals surface area contributed by atoms with E-state index < -0.39 is 12.5 Å². The van der Waals surface area contributed by atoms with E-state index in [2.05, 4.69) is 15.4 Å². The molecule has 132 valence electrons. The first-order valence-corrected chi connectivity index (χ1v) is 7.66. The number of nitrogens with one attached hydrogen (secondary N) is 2. The highest BCUT2D eigenvalue weighted by atomic mass is 35.5. The van der Waals surface area contributed by atoms with E-state index in [1.54, 1.807) is 24.3 Å². The summed E-state index contributed by atoms with van der Waals surface area (Å²) in [6, 6.07) is 12.2. The van der Waals surface area contributed by atoms with Gasteiger partial charge in [0.25, 0.3) is 5.91 Å². The second kappa shape index (κ2) is 8.98. The van der Waals surface area contributed by atoms with E-state index in [4.69, 9.17) is 11.6 Å². The number of hydrogen-bond acceptors (Lipinski definition) is 3. The Balaban J connectivity index is 1.79. The molecule has 0 unspecified atom stereocenters. The monoisotopic (exact) mass is 368 g/mol. The van der Waals surface area contributed by atoms with Gasteiger partial charge in [0, 0.05) is 17.1 Å². The maximum Gasteiger partial charge on any atom is 0.387 e. The summed E-state index contributed by atoms with van der Waals surface area (Å²) >= 11 is 5.98. The molecule has 0 atom stereocenters. The zero-order valence-corrected chi connectivity index (χ0v) is 13.7. The van der Waals surface area contributed by atoms with Gasteiger partial charge in [-0.25, -0.2) is 0 Å². The molecule has 0 aliphatic rings. The van der Waals surface area contributed by atoms with Gasteiger partial charge < -0.3 is 15.4 Å². The van der Waals surface area contributed by atoms with Crippen molar-refractivity contribution in [2.75, 3.05) is 6.54 Å². The molecule has 0 fully saturated rings. The molecule has 0 saturated carbocycles. The molecule has 0 aliphatic carbocycles. The largest absolute Gasteiger partial charge is 0.435 e. The molecule has 25 heavy (non-hydrogen) atoms. The number of amides is 2. The van der Waals surface area contributed by atoms with Gasteiger partial charge in [0.15, 0.2) is 0 Å². The predicted molar refractivity (Wildman–Crippen MR) is 88.7 cm³/mol. The lowest BCUT2D eigenvalue weighted by Crippen LogP contribution is -2.36. The first kappa shape index (κ1) is 18.7. The van der Waals surface area contributed by atoms with Gasteiger partial charge in [-0.2, -0.15) is 8.78 Å². The lowest BCUT2D eigenvalue weighted by molar-refractivity contribution is -0.120. The van der Waals surface area contributed by atoms with Crippen molar-refractivity contribution in [1.29, 1.82) is 0 Å². The number of halogens is 3. The van der Waals surface area contributed by atoms with Crippen LogP contribution in [0, 0.1) is 0 Å². The fourth-order valence-corrected chi connectivity index (χ4v) is 2.15. The third-order valence-corrected chi connectivity index (χ3v) is 3.55. The van der Waals surface area contributed by atoms with Crippen LogP contribution in [0.15, 0.2) is 48.5 Å². The summed E-state index contributed by atoms with van der Waals surface area (Å²) in [5, 5.41) is 5.61. The van der Waals surface area contributed by atoms with Crippen LogP contribution in [0.1, 0.15) is 15.9 Å². The molecule has 2 rings (SSSR count). The Kier molecular flexibility index (Phi) is 6.71. The highest BCUT2D eigenvalue weighted by Gasteiger charge is 2.10. The Hall–Kier alpha value is -2.67. The van der Waals surface area contributed by atoms with Crippen LogP contribution in [0.5, 0.6) is 5.75 Å². The minimum absolute atomic E-state index is 0.0518. The molecule has 0 saturated heterocycles. The summed E-state index contributed by atoms with van der Waals surface area (Å²) in [7, 11) is 0. The van der Waals surface area contributed by atoms with Crippen LogP contribution < -0.4 is 15.4 Å². The Bertz CT molecular complexity index is 739. The smallest absolute Gasteiger partial charge is 0.387 e. The van der Waals surface area contributed by atoms with Crippen LogP contribution in [-0.4, -0.2) is 25.0 Å². The first-order valence-electron chi connectivity index (χ1n) is 7.29. The SMILES string of the molecule is O=C(CNC(=O)c1ccc(OC(F)F)cc1)NCc1ccccc1Cl. The summed E-state index contributed by atoms with van der Waals surface area (Å²) in [6.45, 7) is -2.91. The lowest BCUT2D eigenvalue weighted by atomic mass is 10.2. The molecule has 5 nitrogen and oxygen atoms in total. The Labute approximate surface area is 147 Å². The molecule has 0 aromatic heterocycles. The number of carbonyl (C=O) groups is 2. The summed E-state index contributed by atoms with van der Waals surface area (Å²) in [6.07, 6.45) is 0. The zero-order valence-electron chi connectivity index (χ0n) is 13.0. The molecular formula is C17H15ClF2N2O3. The average Bonchev–Trinajstić information content (AvgIpc) is 2.59. The topological polar surface area (TPSA) is 67.4 Å². The van der Waals surface area contributed by atoms with E-state index in [-0.39, 0.29) is 30.3 Å². The van der Waals surface area contributed by atoms with Crippen LogP contribution in [0.2, 0.25) is 5.02 Å². The van der Waals surface area contributed by atoms with E-state index in [1.807, 2.05) is 0 Å². The minimum Gasteiger partial charge on any atom is -0.435 e. The van der Waals surface area contributed by atoms with Crippen molar-refractivity contribution >= 4 is 23.4 Å². The van der Waals surface area contributed by atoms with Gasteiger partial charge in [0.05, 0.1) is 6.54 Å². The van der Waals surface area contributed by atoms with Crippen molar-refractivity contribution in [3.05, 3.63) is 64.7 Å². The van der Waals surface area contributed by atoms with Gasteiger partial charge in [0.1, 0.15) is 5.75 Å². The second-order valence-corrected chi connectivity index (χ2v) is 5.36. The first-order chi connectivity index (χ1) is 12.0. The molecule has 2 aromatic rings. The van der Waals surface area contributed by atoms with Crippen molar-refractivity contribution in [2.24, 2.45) is 0 Å². The van der Waals surface area contributed by atoms with Gasteiger partial charge >= 0.3 is 6.61 Å². The highest BCUT2D eigenvalue weighted by molar-refractivity contribution is 6.31. The molecule has 2 N–H and O–H groups in total. The molecular weight excluding hydrogens is 354 g/mol. The Morgan fingerprint density at radius 1 is 1.04 bits per heavy atom. The van der Waals surface area contributed by atoms with Gasteiger partial charge in [-0.3, -0.25) is 9.59 Å². The number of hydrogen-bond donors (Lipinski definition) is 2. The Morgan fingerprint density at radius 2 is 1.72 bits per heavy atom. The quantitative estimate of drug-likeness (QED) is 0.789. The third kappa shape index (κ3) is 6.04. The number of benzene rings is 2. The fraction of sp³-hybridized carbons (Fsp3) is 0.176. The fourth-order valence-electron chi connectivity index (χ4n) is 1.95. The maximum absolute atomic E-state index is 12.1. The van der Waals surface area contributed by atoms with E-state index in [0.29, 0.717) is 5.02 Å². The van der Waals surface area contributed by atoms with Crippen molar-refractivity contribution in [3.63, 3.8) is 0 Å². The van der Waals surface area contributed by atoms with Crippen LogP contribution in [0.4, 0.5) is 8.78 Å². The number of ether oxygens (including phenoxy) is 1. The zero-order chi connectivity index (χ0) is 18.2. The summed E-state index contributed by atoms with van der Waals surface area (Å²) < 4.78 is 28.3. The van der Waals surface area contributed by atoms with Gasteiger partial charge in [-0.15, -0.1) is 0 Å². The molecule has 2 amide bonds. The third-order valence-electron chi connectivity index (χ3n) is 3.19. The Morgan fingerprint density at radius 3 is 2.36 bits per heavy atom. The highest BCUT2D eigenvalue weighted by Crippen LogP contribution is 2.15. The van der Waals surface area contributed by atoms with E-state index >= 15 is 0 Å². The second-order valence-electron chi connectivity index (χ2n) is 4.95. The van der Waals surface area contributed by atoms with E-state index in [1.165, 1.54) is 24.3 Å². The molecule has 8 heteroatoms. The molecule has 0 radical (unpaired) electrons. The van der Waals surface area contributed by atoms with Crippen molar-refractivity contribution in [1.82, 2.24) is 10.6 Å². The van der Waals surface area contributed by atoms with Crippen LogP contribution in [0.3, 0.4) is 0 Å². The molecule has 0 heterocycles. The molecule has 0 spiro atoms. The van der Waals surface area contributed by atoms with Crippen molar-refractivity contribution in [3.8, 4) is 5.75 Å². The van der Waals surface area contributed by atoms with E-state index in [9.17, 15) is 18.4 Å². The van der Waals surface area contributed by atoms with Crippen molar-refractivity contribution in [2.45, 2.75) is 13.2 Å². The summed E-state index contributed by atoms with van der Waals surface area (Å²) in [5.74, 6) is -0.938. The minimum atomic E-state index is -2.93. The molecule has 2 aromatic carbocycles. The predicted octanol–water partition coefficient (Wildman–Crippen LogP) is 2.99. The van der Waals surface area contributed by atoms with Gasteiger partial charge in [-0.05, 0) is 35.9 Å². The summed E-state index contributed by atoms with van der Waals surface area (Å²) in [4.78, 5) is 23.7. The van der Waals surface area contributed by atoms with Gasteiger partial charge in [-0.1, -0.05) is 29.8 Å². The molecule has 0 bridgehead atoms. The molecule has 0 aliphatic heterocycles. The van der Waals surface area contributed by atoms with Crippen LogP contribution in [-0.2, 0) is 11.3 Å². The lowest BCUT2D eigenvalue weighted by Gasteiger charge is -2.09. The van der Waals surface area contributed by atoms with E-state index in [0.717, 1.165) is 5.56 Å². The maximum atomic E-state index is 12.1.